The van der Waals surface area contributed by atoms with Crippen LogP contribution in [0.5, 0.6) is 0 Å². The second-order valence-corrected chi connectivity index (χ2v) is 3.15. The molecule has 1 aliphatic rings. The van der Waals surface area contributed by atoms with E-state index in [0.29, 0.717) is 5.71 Å². The third kappa shape index (κ3) is 1.08. The number of hydrogen-bond acceptors (Lipinski definition) is 3. The molecule has 0 aromatic heterocycles. The average Bonchev–Trinajstić information content (AvgIpc) is 2.35. The average molecular weight is 157 g/mol. The number of carboxylic acid groups (broad SMARTS) is 1. The predicted octanol–water partition coefficient (Wildman–Crippen LogP) is 0.729. The lowest BCUT2D eigenvalue weighted by molar-refractivity contribution is -0.138. The van der Waals surface area contributed by atoms with Gasteiger partial charge in [0.25, 0.3) is 0 Å². The van der Waals surface area contributed by atoms with E-state index in [0.717, 1.165) is 0 Å². The van der Waals surface area contributed by atoms with Crippen LogP contribution in [0.25, 0.3) is 0 Å². The zero-order valence-electron chi connectivity index (χ0n) is 6.79. The summed E-state index contributed by atoms with van der Waals surface area (Å²) in [6.07, 6.45) is 0. The number of hydrogen-bond donors (Lipinski definition) is 1. The van der Waals surface area contributed by atoms with E-state index in [1.807, 2.05) is 13.8 Å². The van der Waals surface area contributed by atoms with Crippen LogP contribution in [0.4, 0.5) is 0 Å². The molecule has 1 rings (SSSR count). The molecule has 1 N–H and O–H groups in total. The number of nitrogens with zero attached hydrogens (tertiary/aromatic N) is 1. The van der Waals surface area contributed by atoms with Crippen molar-refractivity contribution >= 4 is 11.7 Å². The molecule has 0 unspecified atom stereocenters. The number of aliphatic carboxylic acids is 1. The Kier molecular flexibility index (Phi) is 1.62. The van der Waals surface area contributed by atoms with Gasteiger partial charge >= 0.3 is 5.97 Å². The van der Waals surface area contributed by atoms with Crippen molar-refractivity contribution in [3.63, 3.8) is 0 Å². The first-order valence-electron chi connectivity index (χ1n) is 3.36. The van der Waals surface area contributed by atoms with E-state index in [1.54, 1.807) is 0 Å². The summed E-state index contributed by atoms with van der Waals surface area (Å²) in [6, 6.07) is 0. The van der Waals surface area contributed by atoms with Gasteiger partial charge in [0.05, 0.1) is 5.71 Å². The molecule has 1 atom stereocenters. The quantitative estimate of drug-likeness (QED) is 0.601. The smallest absolute Gasteiger partial charge is 0.313 e. The molecule has 0 saturated heterocycles. The minimum atomic E-state index is -0.828. The van der Waals surface area contributed by atoms with Crippen molar-refractivity contribution in [3.05, 3.63) is 0 Å². The Morgan fingerprint density at radius 1 is 1.73 bits per heavy atom. The second kappa shape index (κ2) is 2.22. The molecule has 0 spiro atoms. The standard InChI is InChI=1S/C7H11NO3/c1-7(2)4(6(9)10)5(7)8-11-3/h4H,1-3H3,(H,9,10)/b8-5-/t4-/m1/s1. The van der Waals surface area contributed by atoms with Gasteiger partial charge in [-0.15, -0.1) is 0 Å². The number of carboxylic acids is 1. The summed E-state index contributed by atoms with van der Waals surface area (Å²) < 4.78 is 0. The van der Waals surface area contributed by atoms with Crippen molar-refractivity contribution in [1.82, 2.24) is 0 Å². The van der Waals surface area contributed by atoms with Gasteiger partial charge in [0.2, 0.25) is 0 Å². The molecule has 4 nitrogen and oxygen atoms in total. The summed E-state index contributed by atoms with van der Waals surface area (Å²) in [6.45, 7) is 3.67. The van der Waals surface area contributed by atoms with Crippen LogP contribution in [0.1, 0.15) is 13.8 Å². The highest BCUT2D eigenvalue weighted by molar-refractivity contribution is 6.19. The molecule has 1 aliphatic carbocycles. The zero-order chi connectivity index (χ0) is 8.65. The van der Waals surface area contributed by atoms with E-state index in [2.05, 4.69) is 9.99 Å². The maximum absolute atomic E-state index is 10.5. The fourth-order valence-electron chi connectivity index (χ4n) is 1.22. The summed E-state index contributed by atoms with van der Waals surface area (Å²) in [4.78, 5) is 15.0. The molecule has 62 valence electrons. The fourth-order valence-corrected chi connectivity index (χ4v) is 1.22. The molecule has 0 heterocycles. The van der Waals surface area contributed by atoms with E-state index < -0.39 is 11.9 Å². The molecule has 0 aliphatic heterocycles. The van der Waals surface area contributed by atoms with Crippen molar-refractivity contribution < 1.29 is 14.7 Å². The van der Waals surface area contributed by atoms with Crippen molar-refractivity contribution in [3.8, 4) is 0 Å². The van der Waals surface area contributed by atoms with Crippen LogP contribution < -0.4 is 0 Å². The van der Waals surface area contributed by atoms with Gasteiger partial charge in [-0.05, 0) is 0 Å². The van der Waals surface area contributed by atoms with E-state index in [4.69, 9.17) is 5.11 Å². The molecule has 1 saturated carbocycles. The van der Waals surface area contributed by atoms with Crippen LogP contribution in [0.3, 0.4) is 0 Å². The van der Waals surface area contributed by atoms with Crippen LogP contribution in [-0.2, 0) is 9.63 Å². The van der Waals surface area contributed by atoms with Crippen LogP contribution in [0, 0.1) is 11.3 Å². The summed E-state index contributed by atoms with van der Waals surface area (Å²) in [5.74, 6) is -1.28. The van der Waals surface area contributed by atoms with E-state index in [1.165, 1.54) is 7.11 Å². The Balaban J connectivity index is 2.76. The van der Waals surface area contributed by atoms with Gasteiger partial charge in [0.15, 0.2) is 0 Å². The minimum Gasteiger partial charge on any atom is -0.481 e. The maximum Gasteiger partial charge on any atom is 0.313 e. The molecule has 0 amide bonds. The molecule has 0 radical (unpaired) electrons. The van der Waals surface area contributed by atoms with Crippen LogP contribution in [-0.4, -0.2) is 23.9 Å². The number of oxime groups is 1. The third-order valence-corrected chi connectivity index (χ3v) is 2.01. The highest BCUT2D eigenvalue weighted by Gasteiger charge is 2.60. The topological polar surface area (TPSA) is 58.9 Å². The van der Waals surface area contributed by atoms with Crippen LogP contribution in [0.2, 0.25) is 0 Å². The largest absolute Gasteiger partial charge is 0.481 e. The van der Waals surface area contributed by atoms with Crippen molar-refractivity contribution in [2.75, 3.05) is 7.11 Å². The van der Waals surface area contributed by atoms with Gasteiger partial charge in [-0.25, -0.2) is 0 Å². The van der Waals surface area contributed by atoms with Crippen molar-refractivity contribution in [2.24, 2.45) is 16.5 Å². The zero-order valence-corrected chi connectivity index (χ0v) is 6.79. The van der Waals surface area contributed by atoms with Crippen LogP contribution >= 0.6 is 0 Å². The molecule has 0 bridgehead atoms. The first-order chi connectivity index (χ1) is 5.01. The Morgan fingerprint density at radius 3 is 2.55 bits per heavy atom. The summed E-state index contributed by atoms with van der Waals surface area (Å²) in [5, 5.41) is 12.3. The number of carbonyl (C=O) groups is 1. The molecule has 0 aromatic carbocycles. The fraction of sp³-hybridized carbons (Fsp3) is 0.714. The highest BCUT2D eigenvalue weighted by Crippen LogP contribution is 2.48. The Bertz CT molecular complexity index is 220. The Hall–Kier alpha value is -1.06. The van der Waals surface area contributed by atoms with E-state index in [-0.39, 0.29) is 5.41 Å². The monoisotopic (exact) mass is 157 g/mol. The lowest BCUT2D eigenvalue weighted by Crippen LogP contribution is -2.03. The van der Waals surface area contributed by atoms with Gasteiger partial charge in [-0.3, -0.25) is 4.79 Å². The van der Waals surface area contributed by atoms with E-state index in [9.17, 15) is 4.79 Å². The summed E-state index contributed by atoms with van der Waals surface area (Å²) in [5.41, 5.74) is 0.300. The number of rotatable bonds is 2. The third-order valence-electron chi connectivity index (χ3n) is 2.01. The first-order valence-corrected chi connectivity index (χ1v) is 3.36. The minimum absolute atomic E-state index is 0.318. The Labute approximate surface area is 64.8 Å². The lowest BCUT2D eigenvalue weighted by Gasteiger charge is -1.92. The van der Waals surface area contributed by atoms with Gasteiger partial charge in [0, 0.05) is 5.41 Å². The summed E-state index contributed by atoms with van der Waals surface area (Å²) in [7, 11) is 1.42. The van der Waals surface area contributed by atoms with Gasteiger partial charge < -0.3 is 9.94 Å². The van der Waals surface area contributed by atoms with Crippen molar-refractivity contribution in [2.45, 2.75) is 13.8 Å². The van der Waals surface area contributed by atoms with Crippen LogP contribution in [0.15, 0.2) is 5.16 Å². The molecule has 4 heteroatoms. The predicted molar refractivity (Wildman–Crippen MR) is 39.4 cm³/mol. The SMILES string of the molecule is CO/N=C1/[C@H](C(=O)O)C1(C)C. The molecule has 0 aromatic rings. The van der Waals surface area contributed by atoms with Gasteiger partial charge in [-0.2, -0.15) is 0 Å². The molecular weight excluding hydrogens is 146 g/mol. The highest BCUT2D eigenvalue weighted by atomic mass is 16.6. The normalized spacial score (nSPS) is 30.1. The molecule has 11 heavy (non-hydrogen) atoms. The Morgan fingerprint density at radius 2 is 2.27 bits per heavy atom. The van der Waals surface area contributed by atoms with Gasteiger partial charge in [-0.1, -0.05) is 19.0 Å². The molecule has 1 fully saturated rings. The maximum atomic E-state index is 10.5. The first kappa shape index (κ1) is 8.04. The van der Waals surface area contributed by atoms with Gasteiger partial charge in [0.1, 0.15) is 13.0 Å². The second-order valence-electron chi connectivity index (χ2n) is 3.15. The van der Waals surface area contributed by atoms with Crippen molar-refractivity contribution in [1.29, 1.82) is 0 Å². The van der Waals surface area contributed by atoms with E-state index >= 15 is 0 Å². The lowest BCUT2D eigenvalue weighted by atomic mass is 10.1. The summed E-state index contributed by atoms with van der Waals surface area (Å²) >= 11 is 0. The molecular formula is C7H11NO3.